The third-order valence-electron chi connectivity index (χ3n) is 2.24. The molecule has 0 aromatic heterocycles. The molecule has 0 saturated carbocycles. The summed E-state index contributed by atoms with van der Waals surface area (Å²) in [7, 11) is 0. The lowest BCUT2D eigenvalue weighted by atomic mass is 10.1. The largest absolute Gasteiger partial charge is 0.768 e. The fourth-order valence-corrected chi connectivity index (χ4v) is 1.94. The first-order chi connectivity index (χ1) is 6.65. The quantitative estimate of drug-likeness (QED) is 0.718. The molecule has 1 unspecified atom stereocenters. The summed E-state index contributed by atoms with van der Waals surface area (Å²) in [6, 6.07) is 5.54. The van der Waals surface area contributed by atoms with E-state index in [0.717, 1.165) is 24.8 Å². The van der Waals surface area contributed by atoms with Crippen LogP contribution in [0.3, 0.4) is 0 Å². The Balaban J connectivity index is 2.83. The molecule has 0 heterocycles. The van der Waals surface area contributed by atoms with Crippen molar-refractivity contribution in [3.63, 3.8) is 0 Å². The lowest BCUT2D eigenvalue weighted by Crippen LogP contribution is -1.94. The van der Waals surface area contributed by atoms with Crippen molar-refractivity contribution in [1.82, 2.24) is 0 Å². The molecule has 2 nitrogen and oxygen atoms in total. The molecule has 0 amide bonds. The summed E-state index contributed by atoms with van der Waals surface area (Å²) in [5.41, 5.74) is 2.06. The number of aryl methyl sites for hydroxylation is 2. The molecule has 0 aliphatic rings. The number of rotatable bonds is 4. The van der Waals surface area contributed by atoms with E-state index in [0.29, 0.717) is 4.90 Å². The normalized spacial score (nSPS) is 12.8. The van der Waals surface area contributed by atoms with E-state index in [2.05, 4.69) is 6.92 Å². The summed E-state index contributed by atoms with van der Waals surface area (Å²) < 4.78 is 21.5. The Kier molecular flexibility index (Phi) is 4.29. The number of unbranched alkanes of at least 4 members (excludes halogenated alkanes) is 1. The Labute approximate surface area is 87.6 Å². The van der Waals surface area contributed by atoms with Gasteiger partial charge < -0.3 is 4.55 Å². The average molecular weight is 211 g/mol. The summed E-state index contributed by atoms with van der Waals surface area (Å²) in [4.78, 5) is 0.408. The third-order valence-corrected chi connectivity index (χ3v) is 3.06. The van der Waals surface area contributed by atoms with E-state index < -0.39 is 11.1 Å². The van der Waals surface area contributed by atoms with E-state index in [9.17, 15) is 8.76 Å². The van der Waals surface area contributed by atoms with Crippen LogP contribution in [0.15, 0.2) is 23.1 Å². The van der Waals surface area contributed by atoms with Crippen LogP contribution in [0.25, 0.3) is 0 Å². The van der Waals surface area contributed by atoms with Gasteiger partial charge in [0.25, 0.3) is 0 Å². The monoisotopic (exact) mass is 211 g/mol. The van der Waals surface area contributed by atoms with Gasteiger partial charge in [0.1, 0.15) is 0 Å². The molecule has 1 rings (SSSR count). The van der Waals surface area contributed by atoms with Crippen molar-refractivity contribution < 1.29 is 8.76 Å². The molecule has 0 fully saturated rings. The maximum atomic E-state index is 10.7. The van der Waals surface area contributed by atoms with Gasteiger partial charge in [-0.3, -0.25) is 4.21 Å². The molecule has 3 heteroatoms. The van der Waals surface area contributed by atoms with Crippen molar-refractivity contribution in [1.29, 1.82) is 0 Å². The van der Waals surface area contributed by atoms with Crippen molar-refractivity contribution in [2.45, 2.75) is 38.0 Å². The molecular weight excluding hydrogens is 196 g/mol. The highest BCUT2D eigenvalue weighted by molar-refractivity contribution is 7.79. The van der Waals surface area contributed by atoms with E-state index in [1.807, 2.05) is 19.1 Å². The van der Waals surface area contributed by atoms with Gasteiger partial charge in [-0.05, 0) is 48.0 Å². The fraction of sp³-hybridized carbons (Fsp3) is 0.455. The second kappa shape index (κ2) is 5.27. The third kappa shape index (κ3) is 2.93. The van der Waals surface area contributed by atoms with E-state index >= 15 is 0 Å². The summed E-state index contributed by atoms with van der Waals surface area (Å²) >= 11 is -2.10. The van der Waals surface area contributed by atoms with Crippen LogP contribution in [-0.2, 0) is 17.5 Å². The summed E-state index contributed by atoms with van der Waals surface area (Å²) in [6.45, 7) is 3.98. The zero-order valence-corrected chi connectivity index (χ0v) is 9.39. The van der Waals surface area contributed by atoms with E-state index in [4.69, 9.17) is 0 Å². The molecule has 0 radical (unpaired) electrons. The van der Waals surface area contributed by atoms with Gasteiger partial charge >= 0.3 is 0 Å². The molecule has 1 atom stereocenters. The zero-order valence-electron chi connectivity index (χ0n) is 8.58. The average Bonchev–Trinajstić information content (AvgIpc) is 2.14. The van der Waals surface area contributed by atoms with Gasteiger partial charge in [-0.15, -0.1) is 0 Å². The molecule has 0 spiro atoms. The zero-order chi connectivity index (χ0) is 10.6. The topological polar surface area (TPSA) is 40.1 Å². The van der Waals surface area contributed by atoms with E-state index in [1.54, 1.807) is 6.07 Å². The van der Waals surface area contributed by atoms with Crippen molar-refractivity contribution in [2.24, 2.45) is 0 Å². The van der Waals surface area contributed by atoms with E-state index in [1.165, 1.54) is 5.56 Å². The second-order valence-electron chi connectivity index (χ2n) is 3.44. The Bertz CT molecular complexity index is 334. The summed E-state index contributed by atoms with van der Waals surface area (Å²) in [6.07, 6.45) is 3.34. The minimum Gasteiger partial charge on any atom is -0.768 e. The van der Waals surface area contributed by atoms with Crippen LogP contribution >= 0.6 is 0 Å². The first kappa shape index (κ1) is 11.4. The van der Waals surface area contributed by atoms with Crippen LogP contribution < -0.4 is 0 Å². The van der Waals surface area contributed by atoms with Gasteiger partial charge in [0.05, 0.1) is 0 Å². The van der Waals surface area contributed by atoms with Gasteiger partial charge in [-0.25, -0.2) is 0 Å². The number of benzene rings is 1. The molecule has 78 valence electrons. The molecule has 0 bridgehead atoms. The number of hydrogen-bond acceptors (Lipinski definition) is 2. The van der Waals surface area contributed by atoms with Crippen molar-refractivity contribution in [2.75, 3.05) is 0 Å². The Morgan fingerprint density at radius 1 is 1.43 bits per heavy atom. The molecule has 0 aliphatic carbocycles. The molecule has 0 saturated heterocycles. The summed E-state index contributed by atoms with van der Waals surface area (Å²) in [5, 5.41) is 0. The van der Waals surface area contributed by atoms with Gasteiger partial charge in [-0.1, -0.05) is 25.5 Å². The molecule has 14 heavy (non-hydrogen) atoms. The summed E-state index contributed by atoms with van der Waals surface area (Å²) in [5.74, 6) is 0. The van der Waals surface area contributed by atoms with E-state index in [-0.39, 0.29) is 0 Å². The Hall–Kier alpha value is -0.670. The predicted octanol–water partition coefficient (Wildman–Crippen LogP) is 2.58. The Morgan fingerprint density at radius 2 is 2.14 bits per heavy atom. The minimum atomic E-state index is -2.10. The van der Waals surface area contributed by atoms with Gasteiger partial charge in [0, 0.05) is 4.90 Å². The second-order valence-corrected chi connectivity index (χ2v) is 4.35. The molecule has 0 N–H and O–H groups in total. The minimum absolute atomic E-state index is 0.408. The smallest absolute Gasteiger partial charge is 0.0278 e. The van der Waals surface area contributed by atoms with Crippen molar-refractivity contribution in [3.05, 3.63) is 29.3 Å². The van der Waals surface area contributed by atoms with Crippen LogP contribution in [0.4, 0.5) is 0 Å². The maximum absolute atomic E-state index is 10.7. The van der Waals surface area contributed by atoms with Crippen molar-refractivity contribution >= 4 is 11.1 Å². The van der Waals surface area contributed by atoms with Crippen molar-refractivity contribution in [3.8, 4) is 0 Å². The van der Waals surface area contributed by atoms with Crippen LogP contribution in [0.2, 0.25) is 0 Å². The highest BCUT2D eigenvalue weighted by atomic mass is 32.2. The maximum Gasteiger partial charge on any atom is 0.0278 e. The molecular formula is C11H15O2S-. The molecule has 1 aromatic rings. The highest BCUT2D eigenvalue weighted by Crippen LogP contribution is 2.15. The van der Waals surface area contributed by atoms with Gasteiger partial charge in [0.2, 0.25) is 0 Å². The highest BCUT2D eigenvalue weighted by Gasteiger charge is 1.99. The molecule has 1 aromatic carbocycles. The first-order valence-electron chi connectivity index (χ1n) is 4.84. The van der Waals surface area contributed by atoms with Crippen LogP contribution in [0, 0.1) is 6.92 Å². The van der Waals surface area contributed by atoms with Gasteiger partial charge in [-0.2, -0.15) is 0 Å². The van der Waals surface area contributed by atoms with Crippen LogP contribution in [-0.4, -0.2) is 8.76 Å². The lowest BCUT2D eigenvalue weighted by Gasteiger charge is -2.10. The first-order valence-corrected chi connectivity index (χ1v) is 5.91. The standard InChI is InChI=1S/C11H16O2S/c1-3-4-5-10-6-7-11(14(12)13)9(2)8-10/h6-8H,3-5H2,1-2H3,(H,12,13)/p-1. The Morgan fingerprint density at radius 3 is 2.64 bits per heavy atom. The predicted molar refractivity (Wildman–Crippen MR) is 57.0 cm³/mol. The fourth-order valence-electron chi connectivity index (χ4n) is 1.43. The number of hydrogen-bond donors (Lipinski definition) is 0. The van der Waals surface area contributed by atoms with Crippen LogP contribution in [0.1, 0.15) is 30.9 Å². The lowest BCUT2D eigenvalue weighted by molar-refractivity contribution is 0.536. The van der Waals surface area contributed by atoms with Crippen LogP contribution in [0.5, 0.6) is 0 Å². The van der Waals surface area contributed by atoms with Gasteiger partial charge in [0.15, 0.2) is 0 Å². The SMILES string of the molecule is CCCCc1ccc(S(=O)[O-])c(C)c1. The molecule has 0 aliphatic heterocycles.